The van der Waals surface area contributed by atoms with Crippen LogP contribution in [0, 0.1) is 0 Å². The third-order valence-corrected chi connectivity index (χ3v) is 1.91. The zero-order valence-corrected chi connectivity index (χ0v) is 8.75. The third kappa shape index (κ3) is 3.91. The number of aliphatic hydroxyl groups is 1. The molecule has 2 N–H and O–H groups in total. The predicted octanol–water partition coefficient (Wildman–Crippen LogP) is 0.239. The van der Waals surface area contributed by atoms with Crippen LogP contribution in [-0.2, 0) is 0 Å². The highest BCUT2D eigenvalue weighted by molar-refractivity contribution is 5.84. The number of hydrogen-bond donors (Lipinski definition) is 2. The number of nitrogens with zero attached hydrogens (tertiary/aromatic N) is 3. The van der Waals surface area contributed by atoms with Crippen LogP contribution in [-0.4, -0.2) is 52.3 Å². The van der Waals surface area contributed by atoms with Crippen molar-refractivity contribution in [2.75, 3.05) is 24.6 Å². The van der Waals surface area contributed by atoms with Crippen LogP contribution in [0.1, 0.15) is 10.5 Å². The Bertz CT molecular complexity index is 372. The Morgan fingerprint density at radius 2 is 2.12 bits per heavy atom. The Kier molecular flexibility index (Phi) is 4.70. The van der Waals surface area contributed by atoms with Crippen LogP contribution in [0.3, 0.4) is 0 Å². The summed E-state index contributed by atoms with van der Waals surface area (Å²) in [5, 5.41) is 17.3. The minimum absolute atomic E-state index is 0.0224. The number of aromatic nitrogens is 2. The molecule has 0 aliphatic carbocycles. The summed E-state index contributed by atoms with van der Waals surface area (Å²) < 4.78 is 24.5. The number of carboxylic acid groups (broad SMARTS) is 1. The van der Waals surface area contributed by atoms with Crippen LogP contribution in [0.25, 0.3) is 0 Å². The average Bonchev–Trinajstić information content (AvgIpc) is 2.28. The number of anilines is 1. The van der Waals surface area contributed by atoms with Crippen molar-refractivity contribution in [3.63, 3.8) is 0 Å². The van der Waals surface area contributed by atoms with Gasteiger partial charge in [0.1, 0.15) is 5.82 Å². The lowest BCUT2D eigenvalue weighted by atomic mass is 10.4. The van der Waals surface area contributed by atoms with Gasteiger partial charge in [-0.3, -0.25) is 0 Å². The minimum atomic E-state index is -2.58. The smallest absolute Gasteiger partial charge is 0.356 e. The fourth-order valence-electron chi connectivity index (χ4n) is 1.18. The summed E-state index contributed by atoms with van der Waals surface area (Å²) in [6.45, 7) is -0.928. The molecule has 0 aromatic carbocycles. The molecule has 0 amide bonds. The van der Waals surface area contributed by atoms with E-state index >= 15 is 0 Å². The van der Waals surface area contributed by atoms with E-state index in [2.05, 4.69) is 9.97 Å². The summed E-state index contributed by atoms with van der Waals surface area (Å²) in [4.78, 5) is 18.9. The molecule has 0 fully saturated rings. The van der Waals surface area contributed by atoms with Crippen molar-refractivity contribution in [1.82, 2.24) is 9.97 Å². The third-order valence-electron chi connectivity index (χ3n) is 1.91. The highest BCUT2D eigenvalue weighted by atomic mass is 19.3. The highest BCUT2D eigenvalue weighted by Gasteiger charge is 2.14. The first-order chi connectivity index (χ1) is 8.04. The van der Waals surface area contributed by atoms with Crippen molar-refractivity contribution in [2.45, 2.75) is 6.43 Å². The van der Waals surface area contributed by atoms with Gasteiger partial charge in [0, 0.05) is 6.54 Å². The van der Waals surface area contributed by atoms with Crippen LogP contribution in [0.4, 0.5) is 14.6 Å². The number of aromatic carboxylic acids is 1. The van der Waals surface area contributed by atoms with Gasteiger partial charge >= 0.3 is 5.97 Å². The molecule has 0 atom stereocenters. The Morgan fingerprint density at radius 1 is 1.41 bits per heavy atom. The maximum absolute atomic E-state index is 12.2. The average molecular weight is 247 g/mol. The number of hydrogen-bond acceptors (Lipinski definition) is 5. The molecular formula is C9H11F2N3O3. The molecule has 17 heavy (non-hydrogen) atoms. The lowest BCUT2D eigenvalue weighted by Gasteiger charge is -2.21. The van der Waals surface area contributed by atoms with Crippen LogP contribution in [0.2, 0.25) is 0 Å². The van der Waals surface area contributed by atoms with Crippen molar-refractivity contribution in [3.05, 3.63) is 18.1 Å². The van der Waals surface area contributed by atoms with Gasteiger partial charge in [-0.15, -0.1) is 0 Å². The van der Waals surface area contributed by atoms with E-state index in [9.17, 15) is 13.6 Å². The van der Waals surface area contributed by atoms with Gasteiger partial charge in [0.05, 0.1) is 25.5 Å². The molecule has 0 unspecified atom stereocenters. The van der Waals surface area contributed by atoms with Crippen LogP contribution < -0.4 is 4.90 Å². The Labute approximate surface area is 95.5 Å². The van der Waals surface area contributed by atoms with Gasteiger partial charge in [-0.25, -0.2) is 23.5 Å². The van der Waals surface area contributed by atoms with E-state index < -0.39 is 18.9 Å². The normalized spacial score (nSPS) is 10.6. The molecular weight excluding hydrogens is 236 g/mol. The zero-order chi connectivity index (χ0) is 12.8. The summed E-state index contributed by atoms with van der Waals surface area (Å²) in [6.07, 6.45) is -0.517. The molecule has 0 radical (unpaired) electrons. The van der Waals surface area contributed by atoms with Crippen LogP contribution in [0.5, 0.6) is 0 Å². The number of carboxylic acids is 1. The molecule has 1 heterocycles. The maximum Gasteiger partial charge on any atom is 0.356 e. The summed E-state index contributed by atoms with van der Waals surface area (Å²) >= 11 is 0. The largest absolute Gasteiger partial charge is 0.476 e. The number of alkyl halides is 2. The molecule has 0 aliphatic rings. The highest BCUT2D eigenvalue weighted by Crippen LogP contribution is 2.10. The number of rotatable bonds is 6. The summed E-state index contributed by atoms with van der Waals surface area (Å²) in [7, 11) is 0. The molecule has 94 valence electrons. The molecule has 1 rings (SSSR count). The number of carbonyl (C=O) groups is 1. The fourth-order valence-corrected chi connectivity index (χ4v) is 1.18. The lowest BCUT2D eigenvalue weighted by molar-refractivity contribution is 0.0690. The molecule has 6 nitrogen and oxygen atoms in total. The summed E-state index contributed by atoms with van der Waals surface area (Å²) in [5.41, 5.74) is -0.269. The summed E-state index contributed by atoms with van der Waals surface area (Å²) in [5.74, 6) is -1.14. The van der Waals surface area contributed by atoms with Gasteiger partial charge in [0.15, 0.2) is 5.69 Å². The Morgan fingerprint density at radius 3 is 2.53 bits per heavy atom. The van der Waals surface area contributed by atoms with Gasteiger partial charge in [-0.2, -0.15) is 0 Å². The first-order valence-electron chi connectivity index (χ1n) is 4.74. The minimum Gasteiger partial charge on any atom is -0.476 e. The maximum atomic E-state index is 12.2. The fraction of sp³-hybridized carbons (Fsp3) is 0.444. The van der Waals surface area contributed by atoms with E-state index in [1.54, 1.807) is 0 Å². The monoisotopic (exact) mass is 247 g/mol. The second-order valence-corrected chi connectivity index (χ2v) is 3.13. The zero-order valence-electron chi connectivity index (χ0n) is 8.75. The molecule has 1 aromatic rings. The standard InChI is InChI=1S/C9H11F2N3O3/c10-7(11)5-14(1-2-15)8-4-12-6(3-13-8)9(16)17/h3-4,7,15H,1-2,5H2,(H,16,17). The van der Waals surface area contributed by atoms with Crippen molar-refractivity contribution in [2.24, 2.45) is 0 Å². The Hall–Kier alpha value is -1.83. The van der Waals surface area contributed by atoms with Crippen molar-refractivity contribution < 1.29 is 23.8 Å². The van der Waals surface area contributed by atoms with Crippen LogP contribution >= 0.6 is 0 Å². The van der Waals surface area contributed by atoms with Crippen LogP contribution in [0.15, 0.2) is 12.4 Å². The second kappa shape index (κ2) is 6.04. The number of halogens is 2. The molecule has 0 spiro atoms. The molecule has 0 saturated carbocycles. The van der Waals surface area contributed by atoms with Gasteiger partial charge in [0.2, 0.25) is 0 Å². The topological polar surface area (TPSA) is 86.5 Å². The van der Waals surface area contributed by atoms with E-state index in [0.717, 1.165) is 17.3 Å². The predicted molar refractivity (Wildman–Crippen MR) is 54.3 cm³/mol. The molecule has 0 saturated heterocycles. The Balaban J connectivity index is 2.83. The van der Waals surface area contributed by atoms with Gasteiger partial charge in [-0.05, 0) is 0 Å². The van der Waals surface area contributed by atoms with Gasteiger partial charge in [0.25, 0.3) is 6.43 Å². The van der Waals surface area contributed by atoms with E-state index in [0.29, 0.717) is 0 Å². The van der Waals surface area contributed by atoms with E-state index in [4.69, 9.17) is 10.2 Å². The van der Waals surface area contributed by atoms with E-state index in [1.807, 2.05) is 0 Å². The number of aliphatic hydroxyl groups excluding tert-OH is 1. The molecule has 0 bridgehead atoms. The van der Waals surface area contributed by atoms with Gasteiger partial charge in [-0.1, -0.05) is 0 Å². The van der Waals surface area contributed by atoms with E-state index in [1.165, 1.54) is 0 Å². The molecule has 8 heteroatoms. The first kappa shape index (κ1) is 13.2. The summed E-state index contributed by atoms with van der Waals surface area (Å²) in [6, 6.07) is 0. The van der Waals surface area contributed by atoms with Crippen molar-refractivity contribution >= 4 is 11.8 Å². The second-order valence-electron chi connectivity index (χ2n) is 3.13. The van der Waals surface area contributed by atoms with E-state index in [-0.39, 0.29) is 24.7 Å². The van der Waals surface area contributed by atoms with Crippen molar-refractivity contribution in [1.29, 1.82) is 0 Å². The SMILES string of the molecule is O=C(O)c1cnc(N(CCO)CC(F)F)cn1. The lowest BCUT2D eigenvalue weighted by Crippen LogP contribution is -2.32. The van der Waals surface area contributed by atoms with Gasteiger partial charge < -0.3 is 15.1 Å². The van der Waals surface area contributed by atoms with Crippen molar-refractivity contribution in [3.8, 4) is 0 Å². The quantitative estimate of drug-likeness (QED) is 0.748. The molecule has 0 aliphatic heterocycles. The first-order valence-corrected chi connectivity index (χ1v) is 4.74. The molecule has 1 aromatic heterocycles.